The van der Waals surface area contributed by atoms with E-state index in [0.29, 0.717) is 34.1 Å². The number of aromatic amines is 1. The maximum atomic E-state index is 14.1. The van der Waals surface area contributed by atoms with Crippen LogP contribution in [-0.2, 0) is 43.2 Å². The van der Waals surface area contributed by atoms with Crippen LogP contribution < -0.4 is 43.0 Å². The Morgan fingerprint density at radius 2 is 1.16 bits per heavy atom. The molecule has 3 aromatic carbocycles. The van der Waals surface area contributed by atoms with Gasteiger partial charge in [-0.05, 0) is 79.6 Å². The summed E-state index contributed by atoms with van der Waals surface area (Å²) < 4.78 is 14.1. The minimum atomic E-state index is -1.72. The molecule has 0 fully saturated rings. The average molecular weight is 977 g/mol. The third-order valence-corrected chi connectivity index (χ3v) is 10.5. The molecule has 1 aromatic heterocycles. The summed E-state index contributed by atoms with van der Waals surface area (Å²) in [5, 5.41) is 62.0. The van der Waals surface area contributed by atoms with Gasteiger partial charge in [0.2, 0.25) is 29.5 Å². The van der Waals surface area contributed by atoms with Gasteiger partial charge in [0.05, 0.1) is 29.1 Å². The standard InChI is InChI=1S/C45H53FN10O14/c1-3-5-29(41(62)63)49-34(57)17-14-30(42(64)65)50-35(58)18-15-31(43(66)67)51-36(59)19-16-32(44(68)69)52-40(61)27(47)21-37(60)54-39-38-25(6-4-7-28(38)55-56-39)23-9-11-24(12-10-23)48-45(70)53-33-20-22(2)8-13-26(33)46/h4,6-13,20,27,29-32H,3,5,14-19,21,47H2,1-2H3,(H,49,57)(H,50,58)(H,51,59)(H,52,61)(H,62,63)(H,64,65)(H,66,67)(H,68,69)(H2,48,53,70)(H2,54,55,56,60)/t27-,29-,30-,31-,32-/m0/s1. The fraction of sp³-hybridized carbons (Fsp3) is 0.356. The van der Waals surface area contributed by atoms with Crippen molar-refractivity contribution in [3.8, 4) is 11.1 Å². The highest BCUT2D eigenvalue weighted by Gasteiger charge is 2.29. The molecule has 5 atom stereocenters. The first-order valence-electron chi connectivity index (χ1n) is 21.7. The molecule has 0 aliphatic carbocycles. The summed E-state index contributed by atoms with van der Waals surface area (Å²) in [6.45, 7) is 3.46. The normalized spacial score (nSPS) is 13.0. The highest BCUT2D eigenvalue weighted by Crippen LogP contribution is 2.33. The number of anilines is 3. The van der Waals surface area contributed by atoms with Crippen LogP contribution >= 0.6 is 0 Å². The molecule has 4 aromatic rings. The molecular formula is C45H53FN10O14. The zero-order valence-corrected chi connectivity index (χ0v) is 37.8. The van der Waals surface area contributed by atoms with E-state index in [-0.39, 0.29) is 17.9 Å². The molecule has 24 nitrogen and oxygen atoms in total. The molecule has 0 unspecified atom stereocenters. The second kappa shape index (κ2) is 25.6. The fourth-order valence-corrected chi connectivity index (χ4v) is 6.85. The van der Waals surface area contributed by atoms with Crippen LogP contribution in [0.1, 0.15) is 70.3 Å². The van der Waals surface area contributed by atoms with Crippen molar-refractivity contribution < 1.29 is 72.8 Å². The van der Waals surface area contributed by atoms with Crippen LogP contribution in [0.3, 0.4) is 0 Å². The average Bonchev–Trinajstić information content (AvgIpc) is 3.71. The lowest BCUT2D eigenvalue weighted by Crippen LogP contribution is -2.50. The van der Waals surface area contributed by atoms with Gasteiger partial charge in [-0.1, -0.05) is 43.7 Å². The number of benzene rings is 3. The molecular weight excluding hydrogens is 924 g/mol. The Morgan fingerprint density at radius 1 is 0.643 bits per heavy atom. The van der Waals surface area contributed by atoms with E-state index < -0.39 is 140 Å². The molecule has 0 saturated heterocycles. The molecule has 374 valence electrons. The highest BCUT2D eigenvalue weighted by molar-refractivity contribution is 6.08. The van der Waals surface area contributed by atoms with E-state index >= 15 is 0 Å². The van der Waals surface area contributed by atoms with E-state index in [1.165, 1.54) is 12.1 Å². The van der Waals surface area contributed by atoms with Crippen molar-refractivity contribution in [3.63, 3.8) is 0 Å². The van der Waals surface area contributed by atoms with Gasteiger partial charge >= 0.3 is 29.9 Å². The van der Waals surface area contributed by atoms with Gasteiger partial charge in [0.1, 0.15) is 30.0 Å². The van der Waals surface area contributed by atoms with E-state index in [4.69, 9.17) is 5.73 Å². The van der Waals surface area contributed by atoms with Gasteiger partial charge in [0, 0.05) is 24.9 Å². The summed E-state index contributed by atoms with van der Waals surface area (Å²) in [7, 11) is 0. The molecule has 0 aliphatic rings. The lowest BCUT2D eigenvalue weighted by Gasteiger charge is -2.19. The van der Waals surface area contributed by atoms with Crippen LogP contribution in [0.2, 0.25) is 0 Å². The molecule has 7 amide bonds. The molecule has 14 N–H and O–H groups in total. The van der Waals surface area contributed by atoms with Crippen molar-refractivity contribution in [2.75, 3.05) is 16.0 Å². The first-order chi connectivity index (χ1) is 33.1. The predicted molar refractivity (Wildman–Crippen MR) is 247 cm³/mol. The van der Waals surface area contributed by atoms with Crippen LogP contribution in [0, 0.1) is 12.7 Å². The van der Waals surface area contributed by atoms with Gasteiger partial charge in [-0.15, -0.1) is 0 Å². The van der Waals surface area contributed by atoms with Crippen molar-refractivity contribution in [1.82, 2.24) is 31.5 Å². The number of aromatic nitrogens is 2. The second-order valence-corrected chi connectivity index (χ2v) is 16.0. The first kappa shape index (κ1) is 54.1. The van der Waals surface area contributed by atoms with Gasteiger partial charge in [-0.2, -0.15) is 5.10 Å². The molecule has 1 heterocycles. The third kappa shape index (κ3) is 16.4. The Kier molecular flexibility index (Phi) is 19.8. The number of carbonyl (C=O) groups excluding carboxylic acids is 6. The van der Waals surface area contributed by atoms with Crippen molar-refractivity contribution in [1.29, 1.82) is 0 Å². The number of nitrogens with two attached hydrogens (primary N) is 1. The van der Waals surface area contributed by atoms with Gasteiger partial charge in [0.25, 0.3) is 0 Å². The number of carboxylic acid groups (broad SMARTS) is 4. The number of rotatable bonds is 26. The summed E-state index contributed by atoms with van der Waals surface area (Å²) in [4.78, 5) is 123. The lowest BCUT2D eigenvalue weighted by molar-refractivity contribution is -0.144. The second-order valence-electron chi connectivity index (χ2n) is 16.0. The van der Waals surface area contributed by atoms with Crippen LogP contribution in [0.25, 0.3) is 22.0 Å². The number of H-pyrrole nitrogens is 1. The minimum Gasteiger partial charge on any atom is -0.480 e. The van der Waals surface area contributed by atoms with Gasteiger partial charge in [0.15, 0.2) is 5.82 Å². The lowest BCUT2D eigenvalue weighted by atomic mass is 10.0. The maximum Gasteiger partial charge on any atom is 0.326 e. The number of carbonyl (C=O) groups is 10. The smallest absolute Gasteiger partial charge is 0.326 e. The summed E-state index contributed by atoms with van der Waals surface area (Å²) >= 11 is 0. The van der Waals surface area contributed by atoms with E-state index in [0.717, 1.165) is 5.56 Å². The van der Waals surface area contributed by atoms with E-state index in [2.05, 4.69) is 47.4 Å². The maximum absolute atomic E-state index is 14.1. The highest BCUT2D eigenvalue weighted by atomic mass is 19.1. The Labute approximate surface area is 397 Å². The molecule has 0 saturated carbocycles. The monoisotopic (exact) mass is 976 g/mol. The molecule has 25 heteroatoms. The number of hydrogen-bond acceptors (Lipinski definition) is 12. The van der Waals surface area contributed by atoms with Gasteiger partial charge in [-0.3, -0.25) is 29.1 Å². The van der Waals surface area contributed by atoms with E-state index in [1.807, 2.05) is 0 Å². The minimum absolute atomic E-state index is 0.00923. The topological polar surface area (TPSA) is 391 Å². The summed E-state index contributed by atoms with van der Waals surface area (Å²) in [6.07, 6.45) is -3.25. The molecule has 4 rings (SSSR count). The molecule has 0 aliphatic heterocycles. The first-order valence-corrected chi connectivity index (χ1v) is 21.7. The Hall–Kier alpha value is -8.48. The number of halogens is 1. The van der Waals surface area contributed by atoms with Crippen LogP contribution in [-0.4, -0.2) is 120 Å². The quantitative estimate of drug-likeness (QED) is 0.0430. The summed E-state index contributed by atoms with van der Waals surface area (Å²) in [5.74, 6) is -11.0. The van der Waals surface area contributed by atoms with E-state index in [1.54, 1.807) is 62.4 Å². The largest absolute Gasteiger partial charge is 0.480 e. The Bertz CT molecular complexity index is 2610. The molecule has 0 spiro atoms. The van der Waals surface area contributed by atoms with Gasteiger partial charge in [-0.25, -0.2) is 28.4 Å². The summed E-state index contributed by atoms with van der Waals surface area (Å²) in [6, 6.07) is 7.64. The van der Waals surface area contributed by atoms with Crippen LogP contribution in [0.15, 0.2) is 60.7 Å². The SMILES string of the molecule is CCC[C@H](NC(=O)CC[C@H](NC(=O)CC[C@H](NC(=O)CC[C@H](NC(=O)[C@@H](N)CC(=O)Nc1n[nH]c2cccc(-c3ccc(NC(=O)Nc4cc(C)ccc4F)cc3)c12)C(=O)O)C(=O)O)C(=O)O)C(=O)O. The number of aliphatic carboxylic acids is 4. The Balaban J connectivity index is 1.26. The fourth-order valence-electron chi connectivity index (χ4n) is 6.85. The number of fused-ring (bicyclic) bond motifs is 1. The third-order valence-electron chi connectivity index (χ3n) is 10.5. The summed E-state index contributed by atoms with van der Waals surface area (Å²) in [5.41, 5.74) is 8.89. The number of amides is 7. The van der Waals surface area contributed by atoms with Crippen molar-refractivity contribution in [3.05, 3.63) is 72.0 Å². The number of carboxylic acids is 4. The van der Waals surface area contributed by atoms with Crippen molar-refractivity contribution in [2.24, 2.45) is 5.73 Å². The van der Waals surface area contributed by atoms with Crippen LogP contribution in [0.4, 0.5) is 26.4 Å². The van der Waals surface area contributed by atoms with Crippen LogP contribution in [0.5, 0.6) is 0 Å². The van der Waals surface area contributed by atoms with Crippen molar-refractivity contribution >= 4 is 87.5 Å². The molecule has 0 radical (unpaired) electrons. The number of hydrogen-bond donors (Lipinski definition) is 13. The Morgan fingerprint density at radius 3 is 1.67 bits per heavy atom. The van der Waals surface area contributed by atoms with E-state index in [9.17, 15) is 72.8 Å². The predicted octanol–water partition coefficient (Wildman–Crippen LogP) is 2.40. The number of nitrogens with zero attached hydrogens (tertiary/aromatic N) is 1. The molecule has 0 bridgehead atoms. The van der Waals surface area contributed by atoms with Crippen molar-refractivity contribution in [2.45, 2.75) is 102 Å². The zero-order chi connectivity index (χ0) is 51.7. The van der Waals surface area contributed by atoms with Gasteiger partial charge < -0.3 is 63.4 Å². The molecule has 70 heavy (non-hydrogen) atoms. The number of urea groups is 1. The zero-order valence-electron chi connectivity index (χ0n) is 37.8. The number of nitrogens with one attached hydrogen (secondary N) is 8. The number of aryl methyl sites for hydroxylation is 1.